The predicted molar refractivity (Wildman–Crippen MR) is 67.0 cm³/mol. The fourth-order valence-electron chi connectivity index (χ4n) is 2.34. The van der Waals surface area contributed by atoms with Crippen molar-refractivity contribution in [2.45, 2.75) is 18.8 Å². The smallest absolute Gasteiger partial charge is 0.165 e. The second-order valence-electron chi connectivity index (χ2n) is 4.58. The van der Waals surface area contributed by atoms with Crippen LogP contribution in [0.15, 0.2) is 18.2 Å². The summed E-state index contributed by atoms with van der Waals surface area (Å²) in [6.07, 6.45) is 2.38. The van der Waals surface area contributed by atoms with Crippen LogP contribution in [0.5, 0.6) is 5.75 Å². The summed E-state index contributed by atoms with van der Waals surface area (Å²) in [5, 5.41) is 9.23. The molecule has 3 nitrogen and oxygen atoms in total. The molecule has 1 aliphatic rings. The van der Waals surface area contributed by atoms with Crippen LogP contribution in [0.2, 0.25) is 0 Å². The molecule has 0 amide bonds. The molecule has 1 aliphatic heterocycles. The molecule has 4 heteroatoms. The van der Waals surface area contributed by atoms with Crippen molar-refractivity contribution in [2.24, 2.45) is 0 Å². The zero-order valence-electron chi connectivity index (χ0n) is 10.5. The van der Waals surface area contributed by atoms with E-state index in [9.17, 15) is 9.65 Å². The Morgan fingerprint density at radius 2 is 2.17 bits per heavy atom. The molecular formula is C14H17FN2O. The van der Waals surface area contributed by atoms with E-state index in [0.29, 0.717) is 6.54 Å². The molecule has 1 aromatic carbocycles. The standard InChI is InChI=1S/C14H17FN2O/c1-18-14-5-4-11(8-13(14)15)12(9-16)10-17-6-2-3-7-17/h4-5,8,12H,2-3,6-7,10H2,1H3. The van der Waals surface area contributed by atoms with Crippen LogP contribution in [0.4, 0.5) is 4.39 Å². The molecule has 1 aromatic rings. The van der Waals surface area contributed by atoms with E-state index < -0.39 is 5.82 Å². The third kappa shape index (κ3) is 2.80. The van der Waals surface area contributed by atoms with Crippen molar-refractivity contribution < 1.29 is 9.13 Å². The van der Waals surface area contributed by atoms with Gasteiger partial charge in [-0.3, -0.25) is 0 Å². The molecule has 2 rings (SSSR count). The van der Waals surface area contributed by atoms with Gasteiger partial charge in [0, 0.05) is 6.54 Å². The summed E-state index contributed by atoms with van der Waals surface area (Å²) >= 11 is 0. The van der Waals surface area contributed by atoms with Crippen LogP contribution in [0.1, 0.15) is 24.3 Å². The SMILES string of the molecule is COc1ccc(C(C#N)CN2CCCC2)cc1F. The van der Waals surface area contributed by atoms with Gasteiger partial charge in [0.2, 0.25) is 0 Å². The van der Waals surface area contributed by atoms with Gasteiger partial charge in [-0.1, -0.05) is 6.07 Å². The lowest BCUT2D eigenvalue weighted by Crippen LogP contribution is -2.25. The molecule has 0 aliphatic carbocycles. The minimum absolute atomic E-state index is 0.219. The molecular weight excluding hydrogens is 231 g/mol. The lowest BCUT2D eigenvalue weighted by atomic mass is 10.00. The quantitative estimate of drug-likeness (QED) is 0.821. The van der Waals surface area contributed by atoms with Gasteiger partial charge in [0.05, 0.1) is 19.1 Å². The molecule has 1 heterocycles. The van der Waals surface area contributed by atoms with Crippen molar-refractivity contribution in [1.29, 1.82) is 5.26 Å². The van der Waals surface area contributed by atoms with E-state index in [1.807, 2.05) is 0 Å². The monoisotopic (exact) mass is 248 g/mol. The number of nitriles is 1. The van der Waals surface area contributed by atoms with Gasteiger partial charge >= 0.3 is 0 Å². The molecule has 0 spiro atoms. The van der Waals surface area contributed by atoms with E-state index in [-0.39, 0.29) is 11.7 Å². The molecule has 1 fully saturated rings. The molecule has 0 radical (unpaired) electrons. The van der Waals surface area contributed by atoms with Crippen LogP contribution in [0.3, 0.4) is 0 Å². The van der Waals surface area contributed by atoms with E-state index in [2.05, 4.69) is 11.0 Å². The first kappa shape index (κ1) is 12.8. The van der Waals surface area contributed by atoms with Gasteiger partial charge in [0.1, 0.15) is 0 Å². The molecule has 0 N–H and O–H groups in total. The molecule has 1 saturated heterocycles. The zero-order valence-corrected chi connectivity index (χ0v) is 10.5. The van der Waals surface area contributed by atoms with E-state index in [4.69, 9.17) is 4.74 Å². The van der Waals surface area contributed by atoms with Gasteiger partial charge in [-0.15, -0.1) is 0 Å². The number of ether oxygens (including phenoxy) is 1. The Balaban J connectivity index is 2.12. The van der Waals surface area contributed by atoms with Crippen molar-refractivity contribution in [2.75, 3.05) is 26.7 Å². The Kier molecular flexibility index (Phi) is 4.16. The molecule has 1 atom stereocenters. The number of nitrogens with zero attached hydrogens (tertiary/aromatic N) is 2. The van der Waals surface area contributed by atoms with Crippen LogP contribution in [0.25, 0.3) is 0 Å². The molecule has 1 unspecified atom stereocenters. The lowest BCUT2D eigenvalue weighted by Gasteiger charge is -2.19. The molecule has 96 valence electrons. The maximum absolute atomic E-state index is 13.6. The minimum Gasteiger partial charge on any atom is -0.494 e. The summed E-state index contributed by atoms with van der Waals surface area (Å²) in [6.45, 7) is 2.76. The van der Waals surface area contributed by atoms with Crippen LogP contribution in [-0.4, -0.2) is 31.6 Å². The first-order valence-electron chi connectivity index (χ1n) is 6.20. The largest absolute Gasteiger partial charge is 0.494 e. The second kappa shape index (κ2) is 5.83. The maximum atomic E-state index is 13.6. The van der Waals surface area contributed by atoms with Gasteiger partial charge in [0.25, 0.3) is 0 Å². The highest BCUT2D eigenvalue weighted by Crippen LogP contribution is 2.24. The molecule has 0 aromatic heterocycles. The van der Waals surface area contributed by atoms with Crippen LogP contribution >= 0.6 is 0 Å². The Morgan fingerprint density at radius 3 is 2.72 bits per heavy atom. The Hall–Kier alpha value is -1.60. The number of halogens is 1. The number of rotatable bonds is 4. The van der Waals surface area contributed by atoms with Gasteiger partial charge in [0.15, 0.2) is 11.6 Å². The van der Waals surface area contributed by atoms with Gasteiger partial charge in [-0.05, 0) is 43.6 Å². The minimum atomic E-state index is -0.406. The van der Waals surface area contributed by atoms with E-state index in [1.165, 1.54) is 26.0 Å². The molecule has 18 heavy (non-hydrogen) atoms. The first-order valence-corrected chi connectivity index (χ1v) is 6.20. The number of benzene rings is 1. The van der Waals surface area contributed by atoms with Crippen LogP contribution in [-0.2, 0) is 0 Å². The first-order chi connectivity index (χ1) is 8.74. The number of likely N-dealkylation sites (tertiary alicyclic amines) is 1. The Labute approximate surface area is 107 Å². The van der Waals surface area contributed by atoms with Crippen molar-refractivity contribution >= 4 is 0 Å². The Morgan fingerprint density at radius 1 is 1.44 bits per heavy atom. The zero-order chi connectivity index (χ0) is 13.0. The third-order valence-corrected chi connectivity index (χ3v) is 3.37. The topological polar surface area (TPSA) is 36.3 Å². The summed E-state index contributed by atoms with van der Waals surface area (Å²) < 4.78 is 18.5. The average molecular weight is 248 g/mol. The van der Waals surface area contributed by atoms with Crippen LogP contribution < -0.4 is 4.74 Å². The fourth-order valence-corrected chi connectivity index (χ4v) is 2.34. The summed E-state index contributed by atoms with van der Waals surface area (Å²) in [7, 11) is 1.43. The average Bonchev–Trinajstić information content (AvgIpc) is 2.88. The number of hydrogen-bond acceptors (Lipinski definition) is 3. The molecule has 0 saturated carbocycles. The van der Waals surface area contributed by atoms with Crippen LogP contribution in [0, 0.1) is 17.1 Å². The van der Waals surface area contributed by atoms with E-state index in [0.717, 1.165) is 18.7 Å². The van der Waals surface area contributed by atoms with E-state index in [1.54, 1.807) is 12.1 Å². The van der Waals surface area contributed by atoms with Gasteiger partial charge in [-0.25, -0.2) is 4.39 Å². The number of methoxy groups -OCH3 is 1. The second-order valence-corrected chi connectivity index (χ2v) is 4.58. The summed E-state index contributed by atoms with van der Waals surface area (Å²) in [5.41, 5.74) is 0.725. The third-order valence-electron chi connectivity index (χ3n) is 3.37. The summed E-state index contributed by atoms with van der Waals surface area (Å²) in [4.78, 5) is 2.26. The molecule has 0 bridgehead atoms. The van der Waals surface area contributed by atoms with Crippen molar-refractivity contribution in [1.82, 2.24) is 4.90 Å². The van der Waals surface area contributed by atoms with Crippen molar-refractivity contribution in [3.8, 4) is 11.8 Å². The van der Waals surface area contributed by atoms with Crippen molar-refractivity contribution in [3.05, 3.63) is 29.6 Å². The van der Waals surface area contributed by atoms with Gasteiger partial charge < -0.3 is 9.64 Å². The maximum Gasteiger partial charge on any atom is 0.165 e. The summed E-state index contributed by atoms with van der Waals surface area (Å²) in [6, 6.07) is 7.02. The highest BCUT2D eigenvalue weighted by molar-refractivity contribution is 5.33. The van der Waals surface area contributed by atoms with E-state index >= 15 is 0 Å². The number of hydrogen-bond donors (Lipinski definition) is 0. The normalized spacial score (nSPS) is 17.4. The lowest BCUT2D eigenvalue weighted by molar-refractivity contribution is 0.331. The predicted octanol–water partition coefficient (Wildman–Crippen LogP) is 2.54. The van der Waals surface area contributed by atoms with Gasteiger partial charge in [-0.2, -0.15) is 5.26 Å². The fraction of sp³-hybridized carbons (Fsp3) is 0.500. The van der Waals surface area contributed by atoms with Crippen molar-refractivity contribution in [3.63, 3.8) is 0 Å². The highest BCUT2D eigenvalue weighted by Gasteiger charge is 2.19. The highest BCUT2D eigenvalue weighted by atomic mass is 19.1. The summed E-state index contributed by atoms with van der Waals surface area (Å²) in [5.74, 6) is -0.461. The Bertz CT molecular complexity index is 450.